The quantitative estimate of drug-likeness (QED) is 0.307. The number of hydrazine groups is 1. The summed E-state index contributed by atoms with van der Waals surface area (Å²) >= 11 is 6.48. The largest absolute Gasteiger partial charge is 0.490 e. The van der Waals surface area contributed by atoms with Gasteiger partial charge >= 0.3 is 0 Å². The standard InChI is InChI=1S/C18H17N3O3S2/c1-2-11-24-14-7-5-13(6-8-14)17(23)20-21-18(25)19-16(22)10-9-15-4-3-12-26-15/h2-10,12H,1,11H2,(H,20,23)(H2,19,21,22,25). The maximum Gasteiger partial charge on any atom is 0.269 e. The summed E-state index contributed by atoms with van der Waals surface area (Å²) in [4.78, 5) is 24.7. The van der Waals surface area contributed by atoms with Gasteiger partial charge in [0.25, 0.3) is 5.91 Å². The van der Waals surface area contributed by atoms with E-state index in [0.717, 1.165) is 4.88 Å². The highest BCUT2D eigenvalue weighted by atomic mass is 32.1. The summed E-state index contributed by atoms with van der Waals surface area (Å²) in [5, 5.41) is 4.34. The van der Waals surface area contributed by atoms with Gasteiger partial charge in [0.05, 0.1) is 0 Å². The predicted molar refractivity (Wildman–Crippen MR) is 107 cm³/mol. The third kappa shape index (κ3) is 6.50. The first-order valence-electron chi connectivity index (χ1n) is 7.55. The van der Waals surface area contributed by atoms with Crippen LogP contribution in [0.3, 0.4) is 0 Å². The third-order valence-electron chi connectivity index (χ3n) is 2.95. The van der Waals surface area contributed by atoms with Crippen LogP contribution in [0.25, 0.3) is 6.08 Å². The zero-order valence-electron chi connectivity index (χ0n) is 13.7. The molecule has 0 aliphatic heterocycles. The van der Waals surface area contributed by atoms with Gasteiger partial charge in [0.2, 0.25) is 5.91 Å². The van der Waals surface area contributed by atoms with Gasteiger partial charge in [-0.3, -0.25) is 25.8 Å². The molecule has 6 nitrogen and oxygen atoms in total. The smallest absolute Gasteiger partial charge is 0.269 e. The molecule has 2 amide bonds. The van der Waals surface area contributed by atoms with E-state index in [1.807, 2.05) is 17.5 Å². The van der Waals surface area contributed by atoms with Crippen molar-refractivity contribution in [2.24, 2.45) is 0 Å². The molecule has 3 N–H and O–H groups in total. The van der Waals surface area contributed by atoms with Crippen molar-refractivity contribution in [3.63, 3.8) is 0 Å². The highest BCUT2D eigenvalue weighted by molar-refractivity contribution is 7.80. The molecule has 1 aromatic carbocycles. The van der Waals surface area contributed by atoms with Crippen molar-refractivity contribution < 1.29 is 14.3 Å². The van der Waals surface area contributed by atoms with Crippen LogP contribution >= 0.6 is 23.6 Å². The average Bonchev–Trinajstić information content (AvgIpc) is 3.17. The Morgan fingerprint density at radius 3 is 2.62 bits per heavy atom. The van der Waals surface area contributed by atoms with E-state index >= 15 is 0 Å². The van der Waals surface area contributed by atoms with Gasteiger partial charge in [0.1, 0.15) is 12.4 Å². The summed E-state index contributed by atoms with van der Waals surface area (Å²) in [7, 11) is 0. The van der Waals surface area contributed by atoms with Crippen molar-refractivity contribution in [1.29, 1.82) is 0 Å². The normalized spacial score (nSPS) is 10.2. The second-order valence-corrected chi connectivity index (χ2v) is 6.26. The van der Waals surface area contributed by atoms with Crippen LogP contribution in [-0.4, -0.2) is 23.5 Å². The Kier molecular flexibility index (Phi) is 7.53. The van der Waals surface area contributed by atoms with Crippen molar-refractivity contribution in [1.82, 2.24) is 16.2 Å². The number of nitrogens with one attached hydrogen (secondary N) is 3. The Hall–Kier alpha value is -2.97. The highest BCUT2D eigenvalue weighted by Gasteiger charge is 2.07. The molecular formula is C18H17N3O3S2. The monoisotopic (exact) mass is 387 g/mol. The summed E-state index contributed by atoms with van der Waals surface area (Å²) in [6.07, 6.45) is 4.68. The fourth-order valence-electron chi connectivity index (χ4n) is 1.77. The lowest BCUT2D eigenvalue weighted by atomic mass is 10.2. The molecule has 0 aliphatic rings. The molecule has 0 bridgehead atoms. The van der Waals surface area contributed by atoms with Crippen molar-refractivity contribution in [3.05, 3.63) is 70.9 Å². The van der Waals surface area contributed by atoms with E-state index in [9.17, 15) is 9.59 Å². The number of benzene rings is 1. The highest BCUT2D eigenvalue weighted by Crippen LogP contribution is 2.12. The summed E-state index contributed by atoms with van der Waals surface area (Å²) in [5.74, 6) is -0.158. The van der Waals surface area contributed by atoms with Crippen LogP contribution in [0.2, 0.25) is 0 Å². The number of hydrogen-bond acceptors (Lipinski definition) is 5. The van der Waals surface area contributed by atoms with Gasteiger partial charge in [0, 0.05) is 16.5 Å². The van der Waals surface area contributed by atoms with Crippen LogP contribution in [-0.2, 0) is 4.79 Å². The first-order valence-corrected chi connectivity index (χ1v) is 8.84. The minimum Gasteiger partial charge on any atom is -0.490 e. The van der Waals surface area contributed by atoms with Crippen LogP contribution in [0.5, 0.6) is 5.75 Å². The van der Waals surface area contributed by atoms with E-state index in [4.69, 9.17) is 17.0 Å². The SMILES string of the molecule is C=CCOc1ccc(C(=O)NNC(=S)NC(=O)C=Cc2cccs2)cc1. The van der Waals surface area contributed by atoms with Crippen molar-refractivity contribution >= 4 is 46.6 Å². The van der Waals surface area contributed by atoms with E-state index in [2.05, 4.69) is 22.7 Å². The van der Waals surface area contributed by atoms with E-state index in [0.29, 0.717) is 17.9 Å². The first-order chi connectivity index (χ1) is 12.6. The van der Waals surface area contributed by atoms with E-state index in [-0.39, 0.29) is 5.11 Å². The molecule has 0 aliphatic carbocycles. The van der Waals surface area contributed by atoms with Gasteiger partial charge in [-0.15, -0.1) is 11.3 Å². The second kappa shape index (κ2) is 10.1. The Morgan fingerprint density at radius 2 is 1.96 bits per heavy atom. The molecule has 0 unspecified atom stereocenters. The molecular weight excluding hydrogens is 370 g/mol. The molecule has 2 rings (SSSR count). The molecule has 26 heavy (non-hydrogen) atoms. The number of hydrogen-bond donors (Lipinski definition) is 3. The fourth-order valence-corrected chi connectivity index (χ4v) is 2.54. The molecule has 0 radical (unpaired) electrons. The summed E-state index contributed by atoms with van der Waals surface area (Å²) in [6.45, 7) is 3.95. The zero-order valence-corrected chi connectivity index (χ0v) is 15.4. The first kappa shape index (κ1) is 19.4. The minimum atomic E-state index is -0.397. The molecule has 0 saturated heterocycles. The topological polar surface area (TPSA) is 79.5 Å². The molecule has 1 aromatic heterocycles. The van der Waals surface area contributed by atoms with Gasteiger partial charge in [-0.1, -0.05) is 18.7 Å². The van der Waals surface area contributed by atoms with E-state index in [1.54, 1.807) is 36.4 Å². The number of carbonyl (C=O) groups excluding carboxylic acids is 2. The Morgan fingerprint density at radius 1 is 1.19 bits per heavy atom. The van der Waals surface area contributed by atoms with Crippen LogP contribution in [0.4, 0.5) is 0 Å². The lowest BCUT2D eigenvalue weighted by Crippen LogP contribution is -2.48. The maximum atomic E-state index is 12.0. The van der Waals surface area contributed by atoms with Crippen LogP contribution in [0.1, 0.15) is 15.2 Å². The zero-order chi connectivity index (χ0) is 18.8. The number of carbonyl (C=O) groups is 2. The summed E-state index contributed by atoms with van der Waals surface area (Å²) < 4.78 is 5.34. The van der Waals surface area contributed by atoms with Crippen molar-refractivity contribution in [3.8, 4) is 5.75 Å². The number of rotatable bonds is 6. The van der Waals surface area contributed by atoms with Gasteiger partial charge < -0.3 is 4.74 Å². The Bertz CT molecular complexity index is 800. The summed E-state index contributed by atoms with van der Waals surface area (Å²) in [5.41, 5.74) is 5.30. The van der Waals surface area contributed by atoms with Crippen molar-refractivity contribution in [2.75, 3.05) is 6.61 Å². The average molecular weight is 387 g/mol. The van der Waals surface area contributed by atoms with Gasteiger partial charge in [-0.25, -0.2) is 0 Å². The molecule has 0 atom stereocenters. The van der Waals surface area contributed by atoms with Crippen molar-refractivity contribution in [2.45, 2.75) is 0 Å². The molecule has 134 valence electrons. The molecule has 1 heterocycles. The fraction of sp³-hybridized carbons (Fsp3) is 0.0556. The lowest BCUT2D eigenvalue weighted by molar-refractivity contribution is -0.115. The van der Waals surface area contributed by atoms with Gasteiger partial charge in [0.15, 0.2) is 5.11 Å². The maximum absolute atomic E-state index is 12.0. The van der Waals surface area contributed by atoms with Crippen LogP contribution in [0.15, 0.2) is 60.5 Å². The lowest BCUT2D eigenvalue weighted by Gasteiger charge is -2.10. The molecule has 0 saturated carbocycles. The molecule has 0 spiro atoms. The predicted octanol–water partition coefficient (Wildman–Crippen LogP) is 2.66. The van der Waals surface area contributed by atoms with E-state index < -0.39 is 11.8 Å². The Labute approximate surface area is 160 Å². The second-order valence-electron chi connectivity index (χ2n) is 4.87. The van der Waals surface area contributed by atoms with E-state index in [1.165, 1.54) is 17.4 Å². The molecule has 8 heteroatoms. The Balaban J connectivity index is 1.76. The summed E-state index contributed by atoms with van der Waals surface area (Å²) in [6, 6.07) is 10.4. The molecule has 2 aromatic rings. The third-order valence-corrected chi connectivity index (χ3v) is 3.99. The van der Waals surface area contributed by atoms with Gasteiger partial charge in [-0.2, -0.15) is 0 Å². The number of ether oxygens (including phenoxy) is 1. The van der Waals surface area contributed by atoms with Crippen LogP contribution in [0, 0.1) is 0 Å². The number of thiocarbonyl (C=S) groups is 1. The van der Waals surface area contributed by atoms with Gasteiger partial charge in [-0.05, 0) is 54.0 Å². The van der Waals surface area contributed by atoms with Crippen LogP contribution < -0.4 is 20.9 Å². The minimum absolute atomic E-state index is 0.00915. The number of amides is 2. The number of thiophene rings is 1. The molecule has 0 fully saturated rings.